The van der Waals surface area contributed by atoms with Crippen molar-refractivity contribution in [3.05, 3.63) is 28.6 Å². The number of anilines is 1. The lowest BCUT2D eigenvalue weighted by Crippen LogP contribution is -2.46. The average Bonchev–Trinajstić information content (AvgIpc) is 2.25. The zero-order valence-corrected chi connectivity index (χ0v) is 15.6. The van der Waals surface area contributed by atoms with Gasteiger partial charge in [-0.3, -0.25) is 4.90 Å². The molecular formula is C14H26Cl2N4O2. The molecule has 0 unspecified atom stereocenters. The average molecular weight is 353 g/mol. The quantitative estimate of drug-likeness (QED) is 0.618. The maximum atomic E-state index is 12.3. The molecule has 0 aliphatic rings. The Morgan fingerprint density at radius 2 is 1.77 bits per heavy atom. The number of carbonyl (C=O) groups is 1. The Hall–Kier alpha value is -1.08. The molecule has 0 spiro atoms. The number of hydroxylamine groups is 3. The molecule has 6 nitrogen and oxygen atoms in total. The minimum atomic E-state index is -0.442. The van der Waals surface area contributed by atoms with Crippen LogP contribution >= 0.6 is 24.8 Å². The number of aryl methyl sites for hydroxylation is 2. The molecule has 0 saturated heterocycles. The molecule has 8 heteroatoms. The maximum absolute atomic E-state index is 12.3. The molecule has 0 atom stereocenters. The fourth-order valence-corrected chi connectivity index (χ4v) is 1.85. The van der Waals surface area contributed by atoms with E-state index in [9.17, 15) is 10.0 Å². The highest BCUT2D eigenvalue weighted by Crippen LogP contribution is 2.16. The molecule has 0 saturated carbocycles. The van der Waals surface area contributed by atoms with Gasteiger partial charge in [-0.05, 0) is 31.5 Å². The predicted molar refractivity (Wildman–Crippen MR) is 95.0 cm³/mol. The minimum Gasteiger partial charge on any atom is -0.633 e. The number of hydrogen-bond donors (Lipinski definition) is 0. The largest absolute Gasteiger partial charge is 0.633 e. The van der Waals surface area contributed by atoms with Gasteiger partial charge in [-0.15, -0.1) is 24.8 Å². The van der Waals surface area contributed by atoms with Crippen LogP contribution in [-0.4, -0.2) is 61.8 Å². The Morgan fingerprint density at radius 1 is 1.23 bits per heavy atom. The first-order valence-corrected chi connectivity index (χ1v) is 6.58. The second-order valence-electron chi connectivity index (χ2n) is 5.77. The second kappa shape index (κ2) is 9.15. The monoisotopic (exact) mass is 352 g/mol. The highest BCUT2D eigenvalue weighted by Gasteiger charge is 2.21. The van der Waals surface area contributed by atoms with Gasteiger partial charge in [0.2, 0.25) is 0 Å². The van der Waals surface area contributed by atoms with E-state index in [4.69, 9.17) is 0 Å². The first-order valence-electron chi connectivity index (χ1n) is 6.58. The van der Waals surface area contributed by atoms with Crippen molar-refractivity contribution in [1.29, 1.82) is 0 Å². The normalized spacial score (nSPS) is 10.3. The predicted octanol–water partition coefficient (Wildman–Crippen LogP) is 2.60. The molecule has 1 aromatic rings. The molecule has 22 heavy (non-hydrogen) atoms. The van der Waals surface area contributed by atoms with E-state index in [0.29, 0.717) is 18.9 Å². The molecule has 0 radical (unpaired) electrons. The van der Waals surface area contributed by atoms with Crippen LogP contribution in [0.4, 0.5) is 10.6 Å². The Labute approximate surface area is 145 Å². The van der Waals surface area contributed by atoms with Crippen molar-refractivity contribution < 1.29 is 9.44 Å². The van der Waals surface area contributed by atoms with Crippen molar-refractivity contribution in [1.82, 2.24) is 9.88 Å². The van der Waals surface area contributed by atoms with Gasteiger partial charge in [0.25, 0.3) is 0 Å². The number of carbonyl (C=O) groups excluding carboxylic acids is 1. The number of pyridine rings is 1. The van der Waals surface area contributed by atoms with Crippen molar-refractivity contribution in [3.63, 3.8) is 0 Å². The van der Waals surface area contributed by atoms with Gasteiger partial charge in [-0.2, -0.15) is 0 Å². The van der Waals surface area contributed by atoms with Crippen molar-refractivity contribution in [2.45, 2.75) is 13.8 Å². The summed E-state index contributed by atoms with van der Waals surface area (Å²) < 4.78 is -0.442. The number of amides is 2. The molecule has 1 rings (SSSR count). The van der Waals surface area contributed by atoms with Gasteiger partial charge in [0.1, 0.15) is 5.82 Å². The smallest absolute Gasteiger partial charge is 0.325 e. The van der Waals surface area contributed by atoms with Crippen LogP contribution in [-0.2, 0) is 0 Å². The molecule has 1 heterocycles. The third-order valence-corrected chi connectivity index (χ3v) is 2.84. The highest BCUT2D eigenvalue weighted by atomic mass is 35.5. The van der Waals surface area contributed by atoms with Crippen LogP contribution in [0.5, 0.6) is 0 Å². The summed E-state index contributed by atoms with van der Waals surface area (Å²) in [5.41, 5.74) is 1.90. The third kappa shape index (κ3) is 7.26. The van der Waals surface area contributed by atoms with Crippen molar-refractivity contribution in [2.75, 3.05) is 46.2 Å². The van der Waals surface area contributed by atoms with Crippen LogP contribution in [0, 0.1) is 19.1 Å². The van der Waals surface area contributed by atoms with Gasteiger partial charge in [0, 0.05) is 19.8 Å². The Morgan fingerprint density at radius 3 is 2.18 bits per heavy atom. The summed E-state index contributed by atoms with van der Waals surface area (Å²) >= 11 is 0. The van der Waals surface area contributed by atoms with E-state index in [1.807, 2.05) is 26.0 Å². The summed E-state index contributed by atoms with van der Waals surface area (Å²) in [6, 6.07) is 3.64. The summed E-state index contributed by atoms with van der Waals surface area (Å²) in [6.45, 7) is 4.50. The fraction of sp³-hybridized carbons (Fsp3) is 0.571. The van der Waals surface area contributed by atoms with E-state index in [0.717, 1.165) is 11.3 Å². The van der Waals surface area contributed by atoms with Crippen molar-refractivity contribution >= 4 is 36.7 Å². The maximum Gasteiger partial charge on any atom is 0.325 e. The van der Waals surface area contributed by atoms with E-state index in [-0.39, 0.29) is 30.8 Å². The van der Waals surface area contributed by atoms with Crippen LogP contribution in [0.25, 0.3) is 0 Å². The van der Waals surface area contributed by atoms with Crippen LogP contribution in [0.3, 0.4) is 0 Å². The first kappa shape index (κ1) is 23.2. The lowest BCUT2D eigenvalue weighted by molar-refractivity contribution is -0.838. The number of quaternary nitrogens is 1. The SMILES string of the molecule is Cc1cc(C)nc(N(CC[N+](C)(C)[O-])C(=O)N(C)C)c1.Cl.Cl. The molecule has 0 bridgehead atoms. The van der Waals surface area contributed by atoms with Gasteiger partial charge in [0.15, 0.2) is 0 Å². The standard InChI is InChI=1S/C14H24N4O2.2ClH/c1-11-9-12(2)15-13(10-11)17(14(19)16(3)4)7-8-18(5,6)20;;/h9-10H,7-8H2,1-6H3;2*1H. The van der Waals surface area contributed by atoms with Crippen LogP contribution < -0.4 is 4.90 Å². The first-order chi connectivity index (χ1) is 9.10. The molecular weight excluding hydrogens is 327 g/mol. The van der Waals surface area contributed by atoms with E-state index >= 15 is 0 Å². The van der Waals surface area contributed by atoms with E-state index < -0.39 is 4.65 Å². The summed E-state index contributed by atoms with van der Waals surface area (Å²) in [5.74, 6) is 0.592. The van der Waals surface area contributed by atoms with Gasteiger partial charge < -0.3 is 14.8 Å². The number of rotatable bonds is 4. The summed E-state index contributed by atoms with van der Waals surface area (Å²) in [5, 5.41) is 11.7. The van der Waals surface area contributed by atoms with Crippen LogP contribution in [0.15, 0.2) is 12.1 Å². The second-order valence-corrected chi connectivity index (χ2v) is 5.77. The van der Waals surface area contributed by atoms with Gasteiger partial charge >= 0.3 is 6.03 Å². The molecule has 1 aromatic heterocycles. The number of likely N-dealkylation sites (N-methyl/N-ethyl adjacent to an activating group) is 1. The van der Waals surface area contributed by atoms with Crippen LogP contribution in [0.2, 0.25) is 0 Å². The topological polar surface area (TPSA) is 59.5 Å². The van der Waals surface area contributed by atoms with Gasteiger partial charge in [-0.25, -0.2) is 9.78 Å². The number of nitrogens with zero attached hydrogens (tertiary/aromatic N) is 4. The molecule has 0 N–H and O–H groups in total. The lowest BCUT2D eigenvalue weighted by Gasteiger charge is -2.36. The van der Waals surface area contributed by atoms with E-state index in [1.54, 1.807) is 33.1 Å². The van der Waals surface area contributed by atoms with Crippen molar-refractivity contribution in [2.24, 2.45) is 0 Å². The molecule has 0 aliphatic carbocycles. The minimum absolute atomic E-state index is 0. The van der Waals surface area contributed by atoms with Crippen LogP contribution in [0.1, 0.15) is 11.3 Å². The van der Waals surface area contributed by atoms with Gasteiger partial charge in [-0.1, -0.05) is 0 Å². The Bertz CT molecular complexity index is 470. The number of hydrogen-bond acceptors (Lipinski definition) is 3. The van der Waals surface area contributed by atoms with Crippen molar-refractivity contribution in [3.8, 4) is 0 Å². The number of halogens is 2. The summed E-state index contributed by atoms with van der Waals surface area (Å²) in [7, 11) is 6.50. The Kier molecular flexibility index (Phi) is 9.64. The molecule has 128 valence electrons. The highest BCUT2D eigenvalue weighted by molar-refractivity contribution is 5.90. The molecule has 2 amide bonds. The molecule has 0 aliphatic heterocycles. The zero-order chi connectivity index (χ0) is 15.5. The van der Waals surface area contributed by atoms with E-state index in [2.05, 4.69) is 4.98 Å². The molecule has 0 aromatic carbocycles. The Balaban J connectivity index is 0. The summed E-state index contributed by atoms with van der Waals surface area (Å²) in [6.07, 6.45) is 0. The molecule has 0 fully saturated rings. The fourth-order valence-electron chi connectivity index (χ4n) is 1.85. The van der Waals surface area contributed by atoms with E-state index in [1.165, 1.54) is 4.90 Å². The summed E-state index contributed by atoms with van der Waals surface area (Å²) in [4.78, 5) is 19.7. The lowest BCUT2D eigenvalue weighted by atomic mass is 10.2. The zero-order valence-electron chi connectivity index (χ0n) is 14.0. The third-order valence-electron chi connectivity index (χ3n) is 2.84. The number of urea groups is 1. The van der Waals surface area contributed by atoms with Gasteiger partial charge in [0.05, 0.1) is 27.2 Å². The number of aromatic nitrogens is 1.